The van der Waals surface area contributed by atoms with Gasteiger partial charge in [-0.1, -0.05) is 12.1 Å². The summed E-state index contributed by atoms with van der Waals surface area (Å²) in [6, 6.07) is 11.3. The maximum absolute atomic E-state index is 12.9. The number of nitrogens with one attached hydrogen (secondary N) is 3. The number of benzene rings is 2. The van der Waals surface area contributed by atoms with Crippen LogP contribution in [-0.2, 0) is 23.9 Å². The van der Waals surface area contributed by atoms with Crippen LogP contribution in [0.1, 0.15) is 34.6 Å². The first kappa shape index (κ1) is 23.1. The Morgan fingerprint density at radius 2 is 2.03 bits per heavy atom. The van der Waals surface area contributed by atoms with Gasteiger partial charge in [-0.25, -0.2) is 9.78 Å². The zero-order valence-electron chi connectivity index (χ0n) is 19.3. The SMILES string of the molecule is O=C1CCc2c(Oc3ccc4c(c3)[C@H]3[C@H](NC(=O)NCc5cccc(C(F)(F)F)c5)[C@H]3O4)ccnc2N1. The monoisotopic (exact) mass is 510 g/mol. The number of rotatable bonds is 5. The van der Waals surface area contributed by atoms with Crippen molar-refractivity contribution in [2.75, 3.05) is 5.32 Å². The van der Waals surface area contributed by atoms with Gasteiger partial charge < -0.3 is 25.4 Å². The molecule has 2 aromatic carbocycles. The molecule has 3 atom stereocenters. The molecule has 37 heavy (non-hydrogen) atoms. The summed E-state index contributed by atoms with van der Waals surface area (Å²) >= 11 is 0. The molecule has 3 aromatic rings. The fourth-order valence-corrected chi connectivity index (χ4v) is 4.80. The molecular formula is C26H21F3N4O4. The molecule has 0 spiro atoms. The van der Waals surface area contributed by atoms with Gasteiger partial charge >= 0.3 is 12.2 Å². The van der Waals surface area contributed by atoms with E-state index in [-0.39, 0.29) is 30.5 Å². The molecule has 3 heterocycles. The standard InChI is InChI=1S/C26H21F3N4O4/c27-26(28,29)14-3-1-2-13(10-14)12-31-25(35)33-22-21-17-11-15(4-6-18(17)37-23(21)22)36-19-8-9-30-24-16(19)5-7-20(34)32-24/h1-4,6,8-11,21-23H,5,7,12H2,(H,30,32,34)(H2,31,33,35)/t21-,22-,23-/m0/s1. The Kier molecular flexibility index (Phi) is 5.43. The van der Waals surface area contributed by atoms with Gasteiger partial charge in [0.25, 0.3) is 0 Å². The summed E-state index contributed by atoms with van der Waals surface area (Å²) in [7, 11) is 0. The molecule has 8 nitrogen and oxygen atoms in total. The summed E-state index contributed by atoms with van der Waals surface area (Å²) in [6.07, 6.45) is -2.19. The van der Waals surface area contributed by atoms with Crippen LogP contribution in [0.25, 0.3) is 0 Å². The molecule has 3 amide bonds. The Bertz CT molecular complexity index is 1410. The number of carbonyl (C=O) groups is 2. The molecule has 190 valence electrons. The molecule has 1 saturated carbocycles. The minimum Gasteiger partial charge on any atom is -0.487 e. The van der Waals surface area contributed by atoms with Gasteiger partial charge in [0, 0.05) is 30.3 Å². The number of pyridine rings is 1. The first-order valence-corrected chi connectivity index (χ1v) is 11.7. The van der Waals surface area contributed by atoms with Gasteiger partial charge in [-0.15, -0.1) is 0 Å². The fourth-order valence-electron chi connectivity index (χ4n) is 4.80. The van der Waals surface area contributed by atoms with Crippen molar-refractivity contribution < 1.29 is 32.2 Å². The van der Waals surface area contributed by atoms with E-state index in [1.807, 2.05) is 12.1 Å². The lowest BCUT2D eigenvalue weighted by atomic mass is 10.1. The highest BCUT2D eigenvalue weighted by Crippen LogP contribution is 2.54. The van der Waals surface area contributed by atoms with Crippen LogP contribution in [-0.4, -0.2) is 29.1 Å². The lowest BCUT2D eigenvalue weighted by molar-refractivity contribution is -0.137. The first-order chi connectivity index (χ1) is 17.8. The highest BCUT2D eigenvalue weighted by molar-refractivity contribution is 5.93. The number of hydrogen-bond acceptors (Lipinski definition) is 5. The van der Waals surface area contributed by atoms with Crippen molar-refractivity contribution in [1.29, 1.82) is 0 Å². The third-order valence-corrected chi connectivity index (χ3v) is 6.66. The lowest BCUT2D eigenvalue weighted by Gasteiger charge is -2.19. The molecule has 0 unspecified atom stereocenters. The van der Waals surface area contributed by atoms with E-state index in [4.69, 9.17) is 9.47 Å². The Morgan fingerprint density at radius 3 is 2.86 bits per heavy atom. The van der Waals surface area contributed by atoms with Crippen LogP contribution in [0.5, 0.6) is 17.2 Å². The number of amides is 3. The number of anilines is 1. The van der Waals surface area contributed by atoms with Crippen LogP contribution < -0.4 is 25.4 Å². The predicted octanol–water partition coefficient (Wildman–Crippen LogP) is 4.50. The molecule has 1 fully saturated rings. The quantitative estimate of drug-likeness (QED) is 0.469. The number of alkyl halides is 3. The fraction of sp³-hybridized carbons (Fsp3) is 0.269. The van der Waals surface area contributed by atoms with Gasteiger partial charge in [-0.2, -0.15) is 13.2 Å². The van der Waals surface area contributed by atoms with E-state index >= 15 is 0 Å². The van der Waals surface area contributed by atoms with Gasteiger partial charge in [0.2, 0.25) is 5.91 Å². The summed E-state index contributed by atoms with van der Waals surface area (Å²) in [5.41, 5.74) is 1.33. The lowest BCUT2D eigenvalue weighted by Crippen LogP contribution is -2.38. The number of urea groups is 1. The highest BCUT2D eigenvalue weighted by atomic mass is 19.4. The molecule has 1 aliphatic carbocycles. The van der Waals surface area contributed by atoms with Crippen LogP contribution in [0.2, 0.25) is 0 Å². The molecule has 2 aliphatic heterocycles. The van der Waals surface area contributed by atoms with E-state index in [9.17, 15) is 22.8 Å². The summed E-state index contributed by atoms with van der Waals surface area (Å²) in [5.74, 6) is 2.29. The van der Waals surface area contributed by atoms with Gasteiger partial charge in [-0.05, 0) is 48.4 Å². The zero-order valence-corrected chi connectivity index (χ0v) is 19.3. The van der Waals surface area contributed by atoms with Crippen molar-refractivity contribution in [1.82, 2.24) is 15.6 Å². The summed E-state index contributed by atoms with van der Waals surface area (Å²) < 4.78 is 50.7. The van der Waals surface area contributed by atoms with E-state index < -0.39 is 17.8 Å². The average molecular weight is 510 g/mol. The van der Waals surface area contributed by atoms with Crippen LogP contribution in [0.15, 0.2) is 54.7 Å². The molecule has 11 heteroatoms. The minimum atomic E-state index is -4.44. The predicted molar refractivity (Wildman–Crippen MR) is 125 cm³/mol. The summed E-state index contributed by atoms with van der Waals surface area (Å²) in [5, 5.41) is 8.19. The number of nitrogens with zero attached hydrogens (tertiary/aromatic N) is 1. The van der Waals surface area contributed by atoms with Crippen LogP contribution in [0, 0.1) is 0 Å². The smallest absolute Gasteiger partial charge is 0.416 e. The number of halogens is 3. The second-order valence-electron chi connectivity index (χ2n) is 9.15. The second kappa shape index (κ2) is 8.68. The summed E-state index contributed by atoms with van der Waals surface area (Å²) in [4.78, 5) is 28.3. The van der Waals surface area contributed by atoms with Crippen molar-refractivity contribution in [3.05, 3.63) is 77.0 Å². The number of hydrogen-bond donors (Lipinski definition) is 3. The average Bonchev–Trinajstić information content (AvgIpc) is 3.38. The maximum Gasteiger partial charge on any atom is 0.416 e. The van der Waals surface area contributed by atoms with E-state index in [2.05, 4.69) is 20.9 Å². The molecule has 6 rings (SSSR count). The van der Waals surface area contributed by atoms with Crippen molar-refractivity contribution >= 4 is 17.8 Å². The molecule has 0 radical (unpaired) electrons. The van der Waals surface area contributed by atoms with Crippen LogP contribution in [0.4, 0.5) is 23.8 Å². The normalized spacial score (nSPS) is 21.1. The number of carbonyl (C=O) groups excluding carboxylic acids is 2. The minimum absolute atomic E-state index is 0.0378. The van der Waals surface area contributed by atoms with Gasteiger partial charge in [0.05, 0.1) is 17.5 Å². The largest absolute Gasteiger partial charge is 0.487 e. The molecular weight excluding hydrogens is 489 g/mol. The number of aromatic nitrogens is 1. The molecule has 3 N–H and O–H groups in total. The Morgan fingerprint density at radius 1 is 1.16 bits per heavy atom. The Hall–Kier alpha value is -4.28. The third kappa shape index (κ3) is 4.52. The van der Waals surface area contributed by atoms with E-state index in [0.717, 1.165) is 23.3 Å². The van der Waals surface area contributed by atoms with E-state index in [1.54, 1.807) is 18.3 Å². The van der Waals surface area contributed by atoms with Gasteiger partial charge in [0.15, 0.2) is 0 Å². The summed E-state index contributed by atoms with van der Waals surface area (Å²) in [6.45, 7) is -0.0378. The van der Waals surface area contributed by atoms with Crippen molar-refractivity contribution in [3.63, 3.8) is 0 Å². The number of ether oxygens (including phenoxy) is 2. The molecule has 1 aromatic heterocycles. The van der Waals surface area contributed by atoms with Gasteiger partial charge in [-0.3, -0.25) is 4.79 Å². The third-order valence-electron chi connectivity index (χ3n) is 6.66. The van der Waals surface area contributed by atoms with Crippen molar-refractivity contribution in [2.24, 2.45) is 0 Å². The topological polar surface area (TPSA) is 102 Å². The maximum atomic E-state index is 12.9. The Labute approximate surface area is 209 Å². The van der Waals surface area contributed by atoms with Gasteiger partial charge in [0.1, 0.15) is 29.2 Å². The Balaban J connectivity index is 1.09. The van der Waals surface area contributed by atoms with E-state index in [1.165, 1.54) is 12.1 Å². The second-order valence-corrected chi connectivity index (χ2v) is 9.15. The molecule has 0 bridgehead atoms. The van der Waals surface area contributed by atoms with Crippen LogP contribution in [0.3, 0.4) is 0 Å². The molecule has 3 aliphatic rings. The van der Waals surface area contributed by atoms with Crippen molar-refractivity contribution in [2.45, 2.75) is 43.6 Å². The highest BCUT2D eigenvalue weighted by Gasteiger charge is 2.59. The van der Waals surface area contributed by atoms with Crippen molar-refractivity contribution in [3.8, 4) is 17.2 Å². The zero-order chi connectivity index (χ0) is 25.7. The van der Waals surface area contributed by atoms with E-state index in [0.29, 0.717) is 41.5 Å². The first-order valence-electron chi connectivity index (χ1n) is 11.7. The number of fused-ring (bicyclic) bond motifs is 4. The van der Waals surface area contributed by atoms with Crippen LogP contribution >= 0.6 is 0 Å². The molecule has 0 saturated heterocycles.